The number of para-hydroxylation sites is 1. The van der Waals surface area contributed by atoms with Crippen LogP contribution in [0.1, 0.15) is 36.1 Å². The molecule has 1 saturated heterocycles. The molecule has 0 bridgehead atoms. The zero-order valence-electron chi connectivity index (χ0n) is 21.5. The number of amides is 1. The second kappa shape index (κ2) is 11.6. The molecule has 196 valence electrons. The molecule has 2 heterocycles. The van der Waals surface area contributed by atoms with Gasteiger partial charge in [-0.25, -0.2) is 0 Å². The Hall–Kier alpha value is -4.91. The van der Waals surface area contributed by atoms with Gasteiger partial charge in [-0.1, -0.05) is 43.3 Å². The van der Waals surface area contributed by atoms with Crippen molar-refractivity contribution in [3.63, 3.8) is 0 Å². The molecule has 5 rings (SSSR count). The third-order valence-corrected chi connectivity index (χ3v) is 6.37. The number of likely N-dealkylation sites (tertiary alicyclic amines) is 1. The molecule has 1 fully saturated rings. The van der Waals surface area contributed by atoms with Crippen molar-refractivity contribution in [2.24, 2.45) is 0 Å². The molecule has 1 N–H and O–H groups in total. The Balaban J connectivity index is 1.57. The first-order valence-corrected chi connectivity index (χ1v) is 12.8. The van der Waals surface area contributed by atoms with Crippen LogP contribution in [0.4, 0.5) is 0 Å². The molecule has 0 saturated carbocycles. The van der Waals surface area contributed by atoms with Crippen LogP contribution in [0.3, 0.4) is 0 Å². The maximum absolute atomic E-state index is 13.4. The Morgan fingerprint density at radius 2 is 1.67 bits per heavy atom. The van der Waals surface area contributed by atoms with Gasteiger partial charge in [-0.05, 0) is 72.1 Å². The summed E-state index contributed by atoms with van der Waals surface area (Å²) in [5, 5.41) is 11.4. The number of ketones is 1. The van der Waals surface area contributed by atoms with Gasteiger partial charge in [0.2, 0.25) is 0 Å². The molecule has 0 spiro atoms. The summed E-state index contributed by atoms with van der Waals surface area (Å²) in [6, 6.07) is 26.2. The van der Waals surface area contributed by atoms with Crippen molar-refractivity contribution in [2.75, 3.05) is 6.61 Å². The minimum absolute atomic E-state index is 0.0166. The van der Waals surface area contributed by atoms with Gasteiger partial charge in [-0.15, -0.1) is 0 Å². The molecule has 0 radical (unpaired) electrons. The monoisotopic (exact) mass is 520 g/mol. The number of carbonyl (C=O) groups excluding carboxylic acids is 2. The van der Waals surface area contributed by atoms with E-state index in [4.69, 9.17) is 9.47 Å². The Morgan fingerprint density at radius 3 is 2.38 bits per heavy atom. The number of rotatable bonds is 9. The standard InChI is InChI=1S/C32H28N2O5/c1-2-18-38-25-15-13-23(14-16-25)30(35)28-29(34(32(37)31(28)36)21-22-8-7-17-33-20-22)24-9-6-12-27(19-24)39-26-10-4-3-5-11-26/h3-17,19-20,29,35H,2,18,21H2,1H3/b30-28-. The van der Waals surface area contributed by atoms with Gasteiger partial charge in [0.1, 0.15) is 23.0 Å². The van der Waals surface area contributed by atoms with Gasteiger partial charge in [0.25, 0.3) is 11.7 Å². The smallest absolute Gasteiger partial charge is 0.295 e. The number of carbonyl (C=O) groups is 2. The summed E-state index contributed by atoms with van der Waals surface area (Å²) < 4.78 is 11.7. The van der Waals surface area contributed by atoms with Crippen molar-refractivity contribution < 1.29 is 24.2 Å². The zero-order chi connectivity index (χ0) is 27.2. The van der Waals surface area contributed by atoms with E-state index in [1.165, 1.54) is 4.90 Å². The third kappa shape index (κ3) is 5.67. The van der Waals surface area contributed by atoms with Crippen LogP contribution in [0.5, 0.6) is 17.2 Å². The lowest BCUT2D eigenvalue weighted by Gasteiger charge is -2.25. The van der Waals surface area contributed by atoms with Crippen LogP contribution in [0.15, 0.2) is 109 Å². The van der Waals surface area contributed by atoms with Gasteiger partial charge in [-0.2, -0.15) is 0 Å². The number of benzene rings is 3. The Labute approximate surface area is 227 Å². The molecule has 7 heteroatoms. The number of pyridine rings is 1. The predicted molar refractivity (Wildman–Crippen MR) is 147 cm³/mol. The number of aliphatic hydroxyl groups is 1. The number of hydrogen-bond acceptors (Lipinski definition) is 6. The SMILES string of the molecule is CCCOc1ccc(/C(O)=C2/C(=O)C(=O)N(Cc3cccnc3)C2c2cccc(Oc3ccccc3)c2)cc1. The van der Waals surface area contributed by atoms with E-state index in [0.29, 0.717) is 35.0 Å². The first kappa shape index (κ1) is 25.7. The lowest BCUT2D eigenvalue weighted by molar-refractivity contribution is -0.140. The number of aliphatic hydroxyl groups excluding tert-OH is 1. The molecular formula is C32H28N2O5. The molecular weight excluding hydrogens is 492 g/mol. The van der Waals surface area contributed by atoms with Crippen LogP contribution in [0.25, 0.3) is 5.76 Å². The van der Waals surface area contributed by atoms with Crippen molar-refractivity contribution in [2.45, 2.75) is 25.9 Å². The Morgan fingerprint density at radius 1 is 0.897 bits per heavy atom. The zero-order valence-corrected chi connectivity index (χ0v) is 21.5. The second-order valence-electron chi connectivity index (χ2n) is 9.15. The molecule has 1 unspecified atom stereocenters. The van der Waals surface area contributed by atoms with Gasteiger partial charge >= 0.3 is 0 Å². The Bertz CT molecular complexity index is 1480. The minimum Gasteiger partial charge on any atom is -0.507 e. The highest BCUT2D eigenvalue weighted by Gasteiger charge is 2.46. The molecule has 0 aliphatic carbocycles. The third-order valence-electron chi connectivity index (χ3n) is 6.37. The van der Waals surface area contributed by atoms with Gasteiger partial charge in [-0.3, -0.25) is 14.6 Å². The van der Waals surface area contributed by atoms with Gasteiger partial charge in [0, 0.05) is 24.5 Å². The maximum Gasteiger partial charge on any atom is 0.295 e. The number of Topliss-reactive ketones (excluding diaryl/α,β-unsaturated/α-hetero) is 1. The summed E-state index contributed by atoms with van der Waals surface area (Å²) in [7, 11) is 0. The maximum atomic E-state index is 13.4. The highest BCUT2D eigenvalue weighted by molar-refractivity contribution is 6.46. The summed E-state index contributed by atoms with van der Waals surface area (Å²) in [5.41, 5.74) is 1.83. The minimum atomic E-state index is -0.833. The molecule has 1 aromatic heterocycles. The van der Waals surface area contributed by atoms with Crippen LogP contribution >= 0.6 is 0 Å². The van der Waals surface area contributed by atoms with E-state index in [2.05, 4.69) is 4.98 Å². The number of aromatic nitrogens is 1. The predicted octanol–water partition coefficient (Wildman–Crippen LogP) is 6.28. The van der Waals surface area contributed by atoms with Crippen molar-refractivity contribution in [3.05, 3.63) is 126 Å². The van der Waals surface area contributed by atoms with Crippen LogP contribution in [0, 0.1) is 0 Å². The molecule has 4 aromatic rings. The summed E-state index contributed by atoms with van der Waals surface area (Å²) in [4.78, 5) is 32.4. The highest BCUT2D eigenvalue weighted by atomic mass is 16.5. The van der Waals surface area contributed by atoms with Crippen molar-refractivity contribution in [1.29, 1.82) is 0 Å². The summed E-state index contributed by atoms with van der Waals surface area (Å²) in [5.74, 6) is 0.175. The first-order valence-electron chi connectivity index (χ1n) is 12.8. The molecule has 3 aromatic carbocycles. The number of hydrogen-bond donors (Lipinski definition) is 1. The van der Waals surface area contributed by atoms with Crippen molar-refractivity contribution >= 4 is 17.4 Å². The van der Waals surface area contributed by atoms with Gasteiger partial charge in [0.15, 0.2) is 0 Å². The van der Waals surface area contributed by atoms with E-state index in [-0.39, 0.29) is 17.9 Å². The fourth-order valence-electron chi connectivity index (χ4n) is 4.54. The number of nitrogens with zero attached hydrogens (tertiary/aromatic N) is 2. The molecule has 7 nitrogen and oxygen atoms in total. The largest absolute Gasteiger partial charge is 0.507 e. The molecule has 1 aliphatic heterocycles. The van der Waals surface area contributed by atoms with Crippen LogP contribution in [0.2, 0.25) is 0 Å². The van der Waals surface area contributed by atoms with Crippen molar-refractivity contribution in [1.82, 2.24) is 9.88 Å². The quantitative estimate of drug-likeness (QED) is 0.159. The topological polar surface area (TPSA) is 89.0 Å². The van der Waals surface area contributed by atoms with Crippen LogP contribution < -0.4 is 9.47 Å². The number of ether oxygens (including phenoxy) is 2. The van der Waals surface area contributed by atoms with E-state index in [1.54, 1.807) is 60.9 Å². The van der Waals surface area contributed by atoms with Crippen LogP contribution in [-0.2, 0) is 16.1 Å². The molecule has 39 heavy (non-hydrogen) atoms. The first-order chi connectivity index (χ1) is 19.0. The van der Waals surface area contributed by atoms with Crippen LogP contribution in [-0.4, -0.2) is 33.3 Å². The van der Waals surface area contributed by atoms with E-state index in [1.807, 2.05) is 49.4 Å². The fraction of sp³-hybridized carbons (Fsp3) is 0.156. The van der Waals surface area contributed by atoms with E-state index >= 15 is 0 Å². The normalized spacial score (nSPS) is 16.3. The lowest BCUT2D eigenvalue weighted by Crippen LogP contribution is -2.29. The van der Waals surface area contributed by atoms with E-state index in [9.17, 15) is 14.7 Å². The lowest BCUT2D eigenvalue weighted by atomic mass is 9.95. The molecule has 1 atom stereocenters. The molecule has 1 amide bonds. The highest BCUT2D eigenvalue weighted by Crippen LogP contribution is 2.41. The molecule has 1 aliphatic rings. The summed E-state index contributed by atoms with van der Waals surface area (Å²) in [6.45, 7) is 2.74. The second-order valence-corrected chi connectivity index (χ2v) is 9.15. The summed E-state index contributed by atoms with van der Waals surface area (Å²) >= 11 is 0. The van der Waals surface area contributed by atoms with Gasteiger partial charge in [0.05, 0.1) is 18.2 Å². The Kier molecular flexibility index (Phi) is 7.68. The van der Waals surface area contributed by atoms with E-state index < -0.39 is 17.7 Å². The average molecular weight is 521 g/mol. The van der Waals surface area contributed by atoms with Gasteiger partial charge < -0.3 is 19.5 Å². The fourth-order valence-corrected chi connectivity index (χ4v) is 4.54. The van der Waals surface area contributed by atoms with E-state index in [0.717, 1.165) is 12.0 Å². The van der Waals surface area contributed by atoms with Crippen molar-refractivity contribution in [3.8, 4) is 17.2 Å². The summed E-state index contributed by atoms with van der Waals surface area (Å²) in [6.07, 6.45) is 4.17. The average Bonchev–Trinajstić information content (AvgIpc) is 3.22.